The molecule has 0 saturated carbocycles. The second kappa shape index (κ2) is 16.9. The summed E-state index contributed by atoms with van der Waals surface area (Å²) in [7, 11) is 0. The molecule has 11 heteroatoms. The van der Waals surface area contributed by atoms with E-state index in [-0.39, 0.29) is 50.9 Å². The summed E-state index contributed by atoms with van der Waals surface area (Å²) < 4.78 is 18.1. The van der Waals surface area contributed by atoms with Crippen molar-refractivity contribution in [3.05, 3.63) is 131 Å². The number of carbonyl (C=O) groups is 3. The Morgan fingerprint density at radius 3 is 2.32 bits per heavy atom. The molecule has 0 radical (unpaired) electrons. The van der Waals surface area contributed by atoms with Crippen LogP contribution in [0.15, 0.2) is 103 Å². The first kappa shape index (κ1) is 35.3. The molecule has 6 rings (SSSR count). The van der Waals surface area contributed by atoms with Gasteiger partial charge in [-0.1, -0.05) is 97.1 Å². The van der Waals surface area contributed by atoms with Gasteiger partial charge in [0.05, 0.1) is 38.4 Å². The second-order valence-corrected chi connectivity index (χ2v) is 13.4. The van der Waals surface area contributed by atoms with Gasteiger partial charge >= 0.3 is 6.09 Å². The summed E-state index contributed by atoms with van der Waals surface area (Å²) in [6.45, 7) is 0.237. The lowest BCUT2D eigenvalue weighted by Crippen LogP contribution is -2.41. The molecule has 0 spiro atoms. The van der Waals surface area contributed by atoms with Gasteiger partial charge in [-0.25, -0.2) is 4.79 Å². The number of imide groups is 1. The molecule has 2 aliphatic rings. The van der Waals surface area contributed by atoms with Gasteiger partial charge in [-0.05, 0) is 39.4 Å². The molecular formula is C39H40N2O8S. The number of ether oxygens (including phenoxy) is 3. The smallest absolute Gasteiger partial charge is 0.408 e. The van der Waals surface area contributed by atoms with Crippen LogP contribution in [0.2, 0.25) is 0 Å². The number of likely N-dealkylation sites (tertiary alicyclic amines) is 1. The Labute approximate surface area is 295 Å². The van der Waals surface area contributed by atoms with Gasteiger partial charge in [0.25, 0.3) is 5.91 Å². The zero-order valence-electron chi connectivity index (χ0n) is 27.5. The monoisotopic (exact) mass is 696 g/mol. The highest BCUT2D eigenvalue weighted by molar-refractivity contribution is 7.99. The van der Waals surface area contributed by atoms with Gasteiger partial charge in [0.2, 0.25) is 5.91 Å². The summed E-state index contributed by atoms with van der Waals surface area (Å²) in [6, 6.07) is 31.6. The summed E-state index contributed by atoms with van der Waals surface area (Å²) in [6.07, 6.45) is -1.05. The van der Waals surface area contributed by atoms with Crippen molar-refractivity contribution in [2.75, 3.05) is 18.1 Å². The fraction of sp³-hybridized carbons (Fsp3) is 0.308. The number of nitrogens with one attached hydrogen (secondary N) is 1. The SMILES string of the molecule is O=C(NC1CC(=O)N(Cc2cccc(-c3ccc([C@@H]4O[C@H](CSCCO)C[C@H](c5ccc(CO)cc5)O4)cc3)c2)C1=O)OCc1ccccc1. The van der Waals surface area contributed by atoms with Crippen LogP contribution in [0, 0.1) is 0 Å². The maximum absolute atomic E-state index is 13.1. The minimum absolute atomic E-state index is 0.0203. The normalized spacial score (nSPS) is 20.6. The van der Waals surface area contributed by atoms with Crippen molar-refractivity contribution in [3.8, 4) is 11.1 Å². The Hall–Kier alpha value is -4.52. The summed E-state index contributed by atoms with van der Waals surface area (Å²) in [5, 5.41) is 21.3. The maximum Gasteiger partial charge on any atom is 0.408 e. The fourth-order valence-corrected chi connectivity index (χ4v) is 6.81. The highest BCUT2D eigenvalue weighted by atomic mass is 32.2. The van der Waals surface area contributed by atoms with E-state index in [1.165, 1.54) is 4.90 Å². The lowest BCUT2D eigenvalue weighted by molar-refractivity contribution is -0.245. The molecule has 50 heavy (non-hydrogen) atoms. The summed E-state index contributed by atoms with van der Waals surface area (Å²) in [5.41, 5.74) is 6.17. The first-order valence-electron chi connectivity index (χ1n) is 16.6. The van der Waals surface area contributed by atoms with Gasteiger partial charge in [0, 0.05) is 23.5 Å². The minimum Gasteiger partial charge on any atom is -0.445 e. The fourth-order valence-electron chi connectivity index (χ4n) is 6.04. The lowest BCUT2D eigenvalue weighted by atomic mass is 9.99. The Balaban J connectivity index is 1.09. The van der Waals surface area contributed by atoms with Crippen LogP contribution in [-0.2, 0) is 43.6 Å². The van der Waals surface area contributed by atoms with Crippen LogP contribution in [0.25, 0.3) is 11.1 Å². The minimum atomic E-state index is -0.974. The van der Waals surface area contributed by atoms with E-state index in [0.717, 1.165) is 44.7 Å². The van der Waals surface area contributed by atoms with Crippen LogP contribution in [0.3, 0.4) is 0 Å². The molecule has 4 atom stereocenters. The summed E-state index contributed by atoms with van der Waals surface area (Å²) >= 11 is 1.64. The number of benzene rings is 4. The van der Waals surface area contributed by atoms with Crippen LogP contribution in [0.4, 0.5) is 4.79 Å². The van der Waals surface area contributed by atoms with E-state index in [4.69, 9.17) is 14.2 Å². The number of hydrogen-bond acceptors (Lipinski definition) is 9. The molecule has 3 N–H and O–H groups in total. The molecular weight excluding hydrogens is 657 g/mol. The van der Waals surface area contributed by atoms with Crippen molar-refractivity contribution in [1.29, 1.82) is 0 Å². The third-order valence-corrected chi connectivity index (χ3v) is 9.77. The second-order valence-electron chi connectivity index (χ2n) is 12.3. The van der Waals surface area contributed by atoms with E-state index >= 15 is 0 Å². The molecule has 3 amide bonds. The predicted molar refractivity (Wildman–Crippen MR) is 188 cm³/mol. The number of hydrogen-bond donors (Lipinski definition) is 3. The number of amides is 3. The molecule has 0 bridgehead atoms. The number of nitrogens with zero attached hydrogens (tertiary/aromatic N) is 1. The quantitative estimate of drug-likeness (QED) is 0.119. The topological polar surface area (TPSA) is 135 Å². The number of rotatable bonds is 13. The molecule has 1 unspecified atom stereocenters. The zero-order valence-corrected chi connectivity index (χ0v) is 28.3. The Morgan fingerprint density at radius 1 is 0.840 bits per heavy atom. The molecule has 10 nitrogen and oxygen atoms in total. The molecule has 4 aromatic carbocycles. The Morgan fingerprint density at radius 2 is 1.58 bits per heavy atom. The van der Waals surface area contributed by atoms with Crippen molar-refractivity contribution in [3.63, 3.8) is 0 Å². The van der Waals surface area contributed by atoms with Gasteiger partial charge < -0.3 is 29.7 Å². The summed E-state index contributed by atoms with van der Waals surface area (Å²) in [5.74, 6) is 0.537. The van der Waals surface area contributed by atoms with Crippen LogP contribution >= 0.6 is 11.8 Å². The Kier molecular flexibility index (Phi) is 12.0. The van der Waals surface area contributed by atoms with Crippen LogP contribution < -0.4 is 5.32 Å². The van der Waals surface area contributed by atoms with Crippen LogP contribution in [0.1, 0.15) is 53.1 Å². The standard InChI is InChI=1S/C39H40N2O8S/c42-17-18-50-25-33-20-35(30-11-9-26(23-43)10-12-30)49-38(48-33)31-15-13-29(14-16-31)32-8-4-7-28(19-32)22-41-36(44)21-34(37(41)45)40-39(46)47-24-27-5-2-1-3-6-27/h1-16,19,33-35,38,42-43H,17-18,20-25H2,(H,40,46)/t33-,34?,35+,38+/m0/s1. The van der Waals surface area contributed by atoms with Gasteiger partial charge in [-0.2, -0.15) is 11.8 Å². The number of aliphatic hydroxyl groups excluding tert-OH is 2. The number of carbonyl (C=O) groups excluding carboxylic acids is 3. The van der Waals surface area contributed by atoms with Crippen LogP contribution in [-0.4, -0.2) is 63.3 Å². The van der Waals surface area contributed by atoms with Crippen molar-refractivity contribution >= 4 is 29.7 Å². The van der Waals surface area contributed by atoms with E-state index in [0.29, 0.717) is 12.2 Å². The third-order valence-electron chi connectivity index (χ3n) is 8.69. The molecule has 260 valence electrons. The van der Waals surface area contributed by atoms with Crippen LogP contribution in [0.5, 0.6) is 0 Å². The molecule has 0 aromatic heterocycles. The number of thioether (sulfide) groups is 1. The Bertz CT molecular complexity index is 1750. The number of aliphatic hydroxyl groups is 2. The highest BCUT2D eigenvalue weighted by Crippen LogP contribution is 2.39. The van der Waals surface area contributed by atoms with E-state index in [2.05, 4.69) is 5.32 Å². The van der Waals surface area contributed by atoms with Crippen molar-refractivity contribution < 1.29 is 38.8 Å². The molecule has 2 aliphatic heterocycles. The van der Waals surface area contributed by atoms with Crippen molar-refractivity contribution in [1.82, 2.24) is 10.2 Å². The van der Waals surface area contributed by atoms with Gasteiger partial charge in [-0.15, -0.1) is 0 Å². The highest BCUT2D eigenvalue weighted by Gasteiger charge is 2.39. The van der Waals surface area contributed by atoms with E-state index in [1.807, 2.05) is 103 Å². The lowest BCUT2D eigenvalue weighted by Gasteiger charge is -2.36. The molecule has 2 fully saturated rings. The molecule has 4 aromatic rings. The average Bonchev–Trinajstić information content (AvgIpc) is 3.41. The van der Waals surface area contributed by atoms with Gasteiger partial charge in [-0.3, -0.25) is 14.5 Å². The maximum atomic E-state index is 13.1. The van der Waals surface area contributed by atoms with E-state index in [9.17, 15) is 24.6 Å². The number of alkyl carbamates (subject to hydrolysis) is 1. The largest absolute Gasteiger partial charge is 0.445 e. The van der Waals surface area contributed by atoms with E-state index < -0.39 is 24.3 Å². The first-order chi connectivity index (χ1) is 24.4. The van der Waals surface area contributed by atoms with E-state index in [1.54, 1.807) is 11.8 Å². The summed E-state index contributed by atoms with van der Waals surface area (Å²) in [4.78, 5) is 39.4. The van der Waals surface area contributed by atoms with Crippen molar-refractivity contribution in [2.45, 2.75) is 57.1 Å². The average molecular weight is 697 g/mol. The predicted octanol–water partition coefficient (Wildman–Crippen LogP) is 5.67. The third kappa shape index (κ3) is 8.98. The zero-order chi connectivity index (χ0) is 34.9. The van der Waals surface area contributed by atoms with Gasteiger partial charge in [0.15, 0.2) is 6.29 Å². The molecule has 0 aliphatic carbocycles. The molecule has 2 saturated heterocycles. The van der Waals surface area contributed by atoms with Gasteiger partial charge in [0.1, 0.15) is 12.6 Å². The van der Waals surface area contributed by atoms with Crippen molar-refractivity contribution in [2.24, 2.45) is 0 Å². The molecule has 2 heterocycles. The first-order valence-corrected chi connectivity index (χ1v) is 17.8.